The Morgan fingerprint density at radius 2 is 2.00 bits per heavy atom. The van der Waals surface area contributed by atoms with Gasteiger partial charge in [0.15, 0.2) is 5.17 Å². The molecule has 1 aliphatic rings. The number of anilines is 1. The fraction of sp³-hybridized carbons (Fsp3) is 0.158. The molecule has 27 heavy (non-hydrogen) atoms. The van der Waals surface area contributed by atoms with Crippen molar-refractivity contribution in [1.82, 2.24) is 5.32 Å². The second-order valence-electron chi connectivity index (χ2n) is 6.06. The maximum Gasteiger partial charge on any atom is 0.292 e. The third-order valence-corrected chi connectivity index (χ3v) is 4.93. The number of amides is 1. The molecule has 0 unspecified atom stereocenters. The van der Waals surface area contributed by atoms with Crippen molar-refractivity contribution in [3.05, 3.63) is 68.1 Å². The fourth-order valence-corrected chi connectivity index (χ4v) is 3.42. The summed E-state index contributed by atoms with van der Waals surface area (Å²) in [6.07, 6.45) is 1.62. The average Bonchev–Trinajstić information content (AvgIpc) is 2.97. The van der Waals surface area contributed by atoms with Crippen LogP contribution in [0.5, 0.6) is 0 Å². The summed E-state index contributed by atoms with van der Waals surface area (Å²) < 4.78 is 0. The summed E-state index contributed by atoms with van der Waals surface area (Å²) in [7, 11) is 1.62. The van der Waals surface area contributed by atoms with E-state index in [0.29, 0.717) is 21.3 Å². The number of nitro groups is 1. The lowest BCUT2D eigenvalue weighted by atomic mass is 10.1. The van der Waals surface area contributed by atoms with Crippen molar-refractivity contribution in [3.8, 4) is 0 Å². The van der Waals surface area contributed by atoms with Gasteiger partial charge in [0.05, 0.1) is 15.5 Å². The van der Waals surface area contributed by atoms with Gasteiger partial charge in [0.1, 0.15) is 5.69 Å². The van der Waals surface area contributed by atoms with Gasteiger partial charge in [-0.15, -0.1) is 0 Å². The normalized spacial score (nSPS) is 16.6. The quantitative estimate of drug-likeness (QED) is 0.470. The number of benzene rings is 2. The van der Waals surface area contributed by atoms with Gasteiger partial charge in [-0.1, -0.05) is 18.2 Å². The van der Waals surface area contributed by atoms with Crippen LogP contribution in [0.25, 0.3) is 6.08 Å². The molecule has 0 aliphatic carbocycles. The number of aryl methyl sites for hydroxylation is 2. The molecular weight excluding hydrogens is 364 g/mol. The van der Waals surface area contributed by atoms with E-state index in [-0.39, 0.29) is 11.6 Å². The molecule has 1 fully saturated rings. The zero-order valence-corrected chi connectivity index (χ0v) is 15.9. The minimum atomic E-state index is -0.455. The first-order chi connectivity index (χ1) is 12.9. The summed E-state index contributed by atoms with van der Waals surface area (Å²) in [5, 5.41) is 17.2. The number of carbonyl (C=O) groups is 1. The lowest BCUT2D eigenvalue weighted by molar-refractivity contribution is -0.384. The van der Waals surface area contributed by atoms with Crippen LogP contribution in [0.15, 0.2) is 46.3 Å². The maximum absolute atomic E-state index is 12.2. The molecule has 2 N–H and O–H groups in total. The van der Waals surface area contributed by atoms with E-state index in [2.05, 4.69) is 15.6 Å². The highest BCUT2D eigenvalue weighted by Crippen LogP contribution is 2.31. The highest BCUT2D eigenvalue weighted by atomic mass is 32.2. The van der Waals surface area contributed by atoms with Gasteiger partial charge in [-0.05, 0) is 60.5 Å². The Kier molecular flexibility index (Phi) is 5.27. The number of aliphatic imine (C=N–C) groups is 1. The van der Waals surface area contributed by atoms with Crippen molar-refractivity contribution in [3.63, 3.8) is 0 Å². The van der Waals surface area contributed by atoms with E-state index in [4.69, 9.17) is 0 Å². The number of hydrogen-bond donors (Lipinski definition) is 2. The third kappa shape index (κ3) is 4.17. The summed E-state index contributed by atoms with van der Waals surface area (Å²) in [5.41, 5.74) is 3.85. The molecule has 1 amide bonds. The monoisotopic (exact) mass is 382 g/mol. The molecule has 2 aromatic carbocycles. The molecule has 7 nitrogen and oxygen atoms in total. The molecule has 1 aliphatic heterocycles. The summed E-state index contributed by atoms with van der Waals surface area (Å²) >= 11 is 1.21. The van der Waals surface area contributed by atoms with Gasteiger partial charge < -0.3 is 10.6 Å². The highest BCUT2D eigenvalue weighted by molar-refractivity contribution is 8.18. The number of thioether (sulfide) groups is 1. The summed E-state index contributed by atoms with van der Waals surface area (Å²) in [6.45, 7) is 3.94. The van der Waals surface area contributed by atoms with Gasteiger partial charge in [0.2, 0.25) is 0 Å². The van der Waals surface area contributed by atoms with Gasteiger partial charge in [-0.2, -0.15) is 0 Å². The molecule has 0 spiro atoms. The summed E-state index contributed by atoms with van der Waals surface area (Å²) in [5.74, 6) is -0.274. The van der Waals surface area contributed by atoms with E-state index in [1.54, 1.807) is 25.3 Å². The van der Waals surface area contributed by atoms with Crippen LogP contribution >= 0.6 is 11.8 Å². The Morgan fingerprint density at radius 3 is 2.70 bits per heavy atom. The van der Waals surface area contributed by atoms with Crippen molar-refractivity contribution in [2.75, 3.05) is 12.4 Å². The van der Waals surface area contributed by atoms with E-state index in [9.17, 15) is 14.9 Å². The molecule has 138 valence electrons. The van der Waals surface area contributed by atoms with Crippen molar-refractivity contribution in [2.45, 2.75) is 13.8 Å². The smallest absolute Gasteiger partial charge is 0.292 e. The zero-order valence-electron chi connectivity index (χ0n) is 15.1. The number of nitro benzene ring substituents is 1. The number of nitrogens with zero attached hydrogens (tertiary/aromatic N) is 2. The fourth-order valence-electron chi connectivity index (χ4n) is 2.58. The van der Waals surface area contributed by atoms with Crippen molar-refractivity contribution < 1.29 is 9.72 Å². The van der Waals surface area contributed by atoms with E-state index in [0.717, 1.165) is 16.8 Å². The van der Waals surface area contributed by atoms with Crippen molar-refractivity contribution >= 4 is 46.0 Å². The SMILES string of the molecule is CNc1ccc(C=C2SC(=Nc3cc(C)ccc3C)NC2=O)cc1[N+](=O)[O-]. The van der Waals surface area contributed by atoms with Crippen LogP contribution in [0.1, 0.15) is 16.7 Å². The van der Waals surface area contributed by atoms with E-state index in [1.807, 2.05) is 32.0 Å². The number of hydrogen-bond acceptors (Lipinski definition) is 6. The summed E-state index contributed by atoms with van der Waals surface area (Å²) in [4.78, 5) is 27.9. The van der Waals surface area contributed by atoms with Crippen molar-refractivity contribution in [2.24, 2.45) is 4.99 Å². The van der Waals surface area contributed by atoms with Crippen molar-refractivity contribution in [1.29, 1.82) is 0 Å². The highest BCUT2D eigenvalue weighted by Gasteiger charge is 2.24. The largest absolute Gasteiger partial charge is 0.383 e. The van der Waals surface area contributed by atoms with Crippen LogP contribution in [-0.4, -0.2) is 23.0 Å². The van der Waals surface area contributed by atoms with Gasteiger partial charge in [-0.3, -0.25) is 14.9 Å². The van der Waals surface area contributed by atoms with Crippen LogP contribution in [0.3, 0.4) is 0 Å². The van der Waals surface area contributed by atoms with Crippen LogP contribution in [-0.2, 0) is 4.79 Å². The van der Waals surface area contributed by atoms with Gasteiger partial charge in [0, 0.05) is 13.1 Å². The lowest BCUT2D eigenvalue weighted by Crippen LogP contribution is -2.19. The zero-order chi connectivity index (χ0) is 19.6. The van der Waals surface area contributed by atoms with E-state index >= 15 is 0 Å². The van der Waals surface area contributed by atoms with Crippen LogP contribution in [0.2, 0.25) is 0 Å². The number of amidine groups is 1. The van der Waals surface area contributed by atoms with Gasteiger partial charge >= 0.3 is 0 Å². The molecule has 0 atom stereocenters. The summed E-state index contributed by atoms with van der Waals surface area (Å²) in [6, 6.07) is 10.7. The number of nitrogens with one attached hydrogen (secondary N) is 2. The second kappa shape index (κ2) is 7.63. The standard InChI is InChI=1S/C19H18N4O3S/c1-11-4-5-12(2)15(8-11)21-19-22-18(24)17(27-19)10-13-6-7-14(20-3)16(9-13)23(25)26/h4-10,20H,1-3H3,(H,21,22,24). The molecule has 0 saturated carbocycles. The van der Waals surface area contributed by atoms with Gasteiger partial charge in [0.25, 0.3) is 11.6 Å². The average molecular weight is 382 g/mol. The minimum absolute atomic E-state index is 0.0421. The Hall–Kier alpha value is -3.13. The number of rotatable bonds is 4. The second-order valence-corrected chi connectivity index (χ2v) is 7.09. The van der Waals surface area contributed by atoms with E-state index < -0.39 is 4.92 Å². The predicted molar refractivity (Wildman–Crippen MR) is 109 cm³/mol. The Balaban J connectivity index is 1.89. The molecule has 0 radical (unpaired) electrons. The molecule has 8 heteroatoms. The molecule has 3 rings (SSSR count). The van der Waals surface area contributed by atoms with Crippen LogP contribution in [0, 0.1) is 24.0 Å². The Morgan fingerprint density at radius 1 is 1.22 bits per heavy atom. The Labute approximate surface area is 160 Å². The molecule has 1 saturated heterocycles. The Bertz CT molecular complexity index is 998. The predicted octanol–water partition coefficient (Wildman–Crippen LogP) is 4.14. The van der Waals surface area contributed by atoms with Crippen LogP contribution in [0.4, 0.5) is 17.1 Å². The third-order valence-electron chi connectivity index (χ3n) is 4.02. The maximum atomic E-state index is 12.2. The lowest BCUT2D eigenvalue weighted by Gasteiger charge is -2.03. The first kappa shape index (κ1) is 18.7. The van der Waals surface area contributed by atoms with Crippen LogP contribution < -0.4 is 10.6 Å². The molecule has 1 heterocycles. The molecule has 0 bridgehead atoms. The first-order valence-corrected chi connectivity index (χ1v) is 9.02. The van der Waals surface area contributed by atoms with E-state index in [1.165, 1.54) is 17.8 Å². The number of carbonyl (C=O) groups excluding carboxylic acids is 1. The first-order valence-electron chi connectivity index (χ1n) is 8.20. The molecule has 0 aromatic heterocycles. The molecule has 2 aromatic rings. The molecular formula is C19H18N4O3S. The minimum Gasteiger partial charge on any atom is -0.383 e. The topological polar surface area (TPSA) is 96.6 Å². The van der Waals surface area contributed by atoms with Gasteiger partial charge in [-0.25, -0.2) is 4.99 Å².